The van der Waals surface area contributed by atoms with Crippen molar-refractivity contribution >= 4 is 16.8 Å². The van der Waals surface area contributed by atoms with Gasteiger partial charge in [0.2, 0.25) is 0 Å². The summed E-state index contributed by atoms with van der Waals surface area (Å²) >= 11 is 6.11. The van der Waals surface area contributed by atoms with E-state index in [0.717, 1.165) is 16.7 Å². The SMILES string of the molecule is Cc1ccc(C(/C(Cl)=N/O)c2ccccc2)c(C)c1. The Kier molecular flexibility index (Phi) is 4.23. The van der Waals surface area contributed by atoms with Crippen LogP contribution in [0.5, 0.6) is 0 Å². The van der Waals surface area contributed by atoms with Gasteiger partial charge in [-0.25, -0.2) is 0 Å². The molecule has 0 radical (unpaired) electrons. The topological polar surface area (TPSA) is 32.6 Å². The van der Waals surface area contributed by atoms with E-state index in [1.807, 2.05) is 49.4 Å². The first-order valence-corrected chi connectivity index (χ1v) is 6.51. The first-order chi connectivity index (χ1) is 9.13. The Morgan fingerprint density at radius 3 is 2.37 bits per heavy atom. The second kappa shape index (κ2) is 5.89. The lowest BCUT2D eigenvalue weighted by Crippen LogP contribution is -2.10. The molecule has 0 amide bonds. The van der Waals surface area contributed by atoms with E-state index < -0.39 is 0 Å². The van der Waals surface area contributed by atoms with Gasteiger partial charge in [0.15, 0.2) is 5.17 Å². The molecule has 19 heavy (non-hydrogen) atoms. The molecule has 0 aliphatic carbocycles. The van der Waals surface area contributed by atoms with Gasteiger partial charge in [-0.3, -0.25) is 0 Å². The average Bonchev–Trinajstić information content (AvgIpc) is 2.42. The zero-order chi connectivity index (χ0) is 13.8. The van der Waals surface area contributed by atoms with E-state index >= 15 is 0 Å². The molecule has 2 aromatic carbocycles. The van der Waals surface area contributed by atoms with Gasteiger partial charge in [-0.05, 0) is 30.5 Å². The van der Waals surface area contributed by atoms with Crippen molar-refractivity contribution in [2.75, 3.05) is 0 Å². The second-order valence-corrected chi connectivity index (χ2v) is 5.01. The standard InChI is InChI=1S/C16H16ClNO/c1-11-8-9-14(12(2)10-11)15(16(17)18-19)13-6-4-3-5-7-13/h3-10,15,19H,1-2H3/b18-16-. The minimum absolute atomic E-state index is 0.179. The number of rotatable bonds is 3. The maximum absolute atomic E-state index is 9.03. The molecule has 98 valence electrons. The Balaban J connectivity index is 2.56. The van der Waals surface area contributed by atoms with Crippen LogP contribution in [0.25, 0.3) is 0 Å². The van der Waals surface area contributed by atoms with Crippen LogP contribution < -0.4 is 0 Å². The zero-order valence-electron chi connectivity index (χ0n) is 11.0. The molecule has 0 saturated carbocycles. The summed E-state index contributed by atoms with van der Waals surface area (Å²) in [4.78, 5) is 0. The van der Waals surface area contributed by atoms with Gasteiger partial charge in [0.05, 0.1) is 5.92 Å². The van der Waals surface area contributed by atoms with Crippen molar-refractivity contribution in [3.05, 3.63) is 70.8 Å². The lowest BCUT2D eigenvalue weighted by molar-refractivity contribution is 0.319. The van der Waals surface area contributed by atoms with Gasteiger partial charge < -0.3 is 5.21 Å². The summed E-state index contributed by atoms with van der Waals surface area (Å²) in [6.07, 6.45) is 0. The van der Waals surface area contributed by atoms with Crippen LogP contribution in [-0.4, -0.2) is 10.4 Å². The summed E-state index contributed by atoms with van der Waals surface area (Å²) in [5, 5.41) is 12.4. The Morgan fingerprint density at radius 2 is 1.79 bits per heavy atom. The van der Waals surface area contributed by atoms with Crippen LogP contribution in [-0.2, 0) is 0 Å². The Hall–Kier alpha value is -1.80. The summed E-state index contributed by atoms with van der Waals surface area (Å²) in [7, 11) is 0. The number of aryl methyl sites for hydroxylation is 2. The number of halogens is 1. The van der Waals surface area contributed by atoms with E-state index in [9.17, 15) is 0 Å². The molecule has 0 spiro atoms. The van der Waals surface area contributed by atoms with Gasteiger partial charge >= 0.3 is 0 Å². The highest BCUT2D eigenvalue weighted by molar-refractivity contribution is 6.66. The summed E-state index contributed by atoms with van der Waals surface area (Å²) < 4.78 is 0. The molecule has 2 nitrogen and oxygen atoms in total. The molecule has 0 heterocycles. The molecular formula is C16H16ClNO. The van der Waals surface area contributed by atoms with Crippen molar-refractivity contribution in [1.82, 2.24) is 0 Å². The van der Waals surface area contributed by atoms with Crippen LogP contribution in [0.15, 0.2) is 53.7 Å². The number of hydrogen-bond donors (Lipinski definition) is 1. The highest BCUT2D eigenvalue weighted by Gasteiger charge is 2.21. The maximum atomic E-state index is 9.03. The molecular weight excluding hydrogens is 258 g/mol. The summed E-state index contributed by atoms with van der Waals surface area (Å²) in [6.45, 7) is 4.09. The maximum Gasteiger partial charge on any atom is 0.157 e. The van der Waals surface area contributed by atoms with Crippen LogP contribution in [0, 0.1) is 13.8 Å². The Morgan fingerprint density at radius 1 is 1.11 bits per heavy atom. The van der Waals surface area contributed by atoms with Crippen LogP contribution in [0.4, 0.5) is 0 Å². The minimum Gasteiger partial charge on any atom is -0.410 e. The highest BCUT2D eigenvalue weighted by Crippen LogP contribution is 2.30. The molecule has 0 aliphatic rings. The number of nitrogens with zero attached hydrogens (tertiary/aromatic N) is 1. The summed E-state index contributed by atoms with van der Waals surface area (Å²) in [6, 6.07) is 16.0. The third-order valence-corrected chi connectivity index (χ3v) is 3.50. The molecule has 0 bridgehead atoms. The highest BCUT2D eigenvalue weighted by atomic mass is 35.5. The molecule has 0 fully saturated rings. The first-order valence-electron chi connectivity index (χ1n) is 6.13. The quantitative estimate of drug-likeness (QED) is 0.500. The van der Waals surface area contributed by atoms with Crippen molar-refractivity contribution in [1.29, 1.82) is 0 Å². The summed E-state index contributed by atoms with van der Waals surface area (Å²) in [5.41, 5.74) is 4.40. The van der Waals surface area contributed by atoms with Gasteiger partial charge in [0.25, 0.3) is 0 Å². The van der Waals surface area contributed by atoms with Gasteiger partial charge in [0, 0.05) is 0 Å². The molecule has 2 aromatic rings. The molecule has 3 heteroatoms. The van der Waals surface area contributed by atoms with E-state index in [-0.39, 0.29) is 11.1 Å². The van der Waals surface area contributed by atoms with E-state index in [0.29, 0.717) is 0 Å². The van der Waals surface area contributed by atoms with E-state index in [4.69, 9.17) is 16.8 Å². The normalized spacial score (nSPS) is 13.3. The molecule has 0 saturated heterocycles. The third kappa shape index (κ3) is 2.96. The average molecular weight is 274 g/mol. The number of oxime groups is 1. The minimum atomic E-state index is -0.228. The fourth-order valence-electron chi connectivity index (χ4n) is 2.30. The van der Waals surface area contributed by atoms with Crippen LogP contribution in [0.3, 0.4) is 0 Å². The second-order valence-electron chi connectivity index (χ2n) is 4.63. The van der Waals surface area contributed by atoms with Crippen LogP contribution in [0.1, 0.15) is 28.2 Å². The van der Waals surface area contributed by atoms with Gasteiger partial charge in [-0.1, -0.05) is 70.9 Å². The van der Waals surface area contributed by atoms with E-state index in [2.05, 4.69) is 18.1 Å². The number of hydrogen-bond acceptors (Lipinski definition) is 2. The molecule has 2 rings (SSSR count). The van der Waals surface area contributed by atoms with Crippen molar-refractivity contribution in [3.63, 3.8) is 0 Å². The smallest absolute Gasteiger partial charge is 0.157 e. The van der Waals surface area contributed by atoms with Crippen molar-refractivity contribution in [2.45, 2.75) is 19.8 Å². The molecule has 1 unspecified atom stereocenters. The predicted octanol–water partition coefficient (Wildman–Crippen LogP) is 4.46. The lowest BCUT2D eigenvalue weighted by atomic mass is 9.88. The molecule has 0 aromatic heterocycles. The zero-order valence-corrected chi connectivity index (χ0v) is 11.7. The fraction of sp³-hybridized carbons (Fsp3) is 0.188. The molecule has 0 aliphatic heterocycles. The lowest BCUT2D eigenvalue weighted by Gasteiger charge is -2.18. The van der Waals surface area contributed by atoms with Crippen LogP contribution in [0.2, 0.25) is 0 Å². The summed E-state index contributed by atoms with van der Waals surface area (Å²) in [5.74, 6) is -0.228. The van der Waals surface area contributed by atoms with Gasteiger partial charge in [-0.15, -0.1) is 0 Å². The van der Waals surface area contributed by atoms with Gasteiger partial charge in [-0.2, -0.15) is 0 Å². The monoisotopic (exact) mass is 273 g/mol. The van der Waals surface area contributed by atoms with Gasteiger partial charge in [0.1, 0.15) is 0 Å². The number of benzene rings is 2. The van der Waals surface area contributed by atoms with Crippen molar-refractivity contribution in [2.24, 2.45) is 5.16 Å². The van der Waals surface area contributed by atoms with Crippen LogP contribution >= 0.6 is 11.6 Å². The third-order valence-electron chi connectivity index (χ3n) is 3.20. The Labute approximate surface area is 118 Å². The van der Waals surface area contributed by atoms with E-state index in [1.54, 1.807) is 0 Å². The van der Waals surface area contributed by atoms with Crippen molar-refractivity contribution in [3.8, 4) is 0 Å². The molecule has 1 atom stereocenters. The van der Waals surface area contributed by atoms with E-state index in [1.165, 1.54) is 5.56 Å². The fourth-order valence-corrected chi connectivity index (χ4v) is 2.54. The first kappa shape index (κ1) is 13.6. The molecule has 1 N–H and O–H groups in total. The Bertz CT molecular complexity index is 593. The van der Waals surface area contributed by atoms with Crippen molar-refractivity contribution < 1.29 is 5.21 Å². The largest absolute Gasteiger partial charge is 0.410 e. The predicted molar refractivity (Wildman–Crippen MR) is 79.3 cm³/mol.